The fourth-order valence-electron chi connectivity index (χ4n) is 1.84. The van der Waals surface area contributed by atoms with Gasteiger partial charge in [0.25, 0.3) is 0 Å². The van der Waals surface area contributed by atoms with E-state index in [4.69, 9.17) is 16.0 Å². The molecule has 0 aliphatic carbocycles. The summed E-state index contributed by atoms with van der Waals surface area (Å²) in [5, 5.41) is 4.04. The van der Waals surface area contributed by atoms with Crippen LogP contribution in [0, 0.1) is 5.92 Å². The molecule has 0 amide bonds. The maximum absolute atomic E-state index is 6.04. The molecule has 2 aromatic rings. The van der Waals surface area contributed by atoms with Crippen LogP contribution in [0.4, 0.5) is 0 Å². The standard InChI is InChI=1S/C15H18BrClN2O/c1-10(2)8-18-4-3-15-19-9-14(20-15)11-5-12(16)7-13(17)6-11/h5-7,9-10,18H,3-4,8H2,1-2H3. The van der Waals surface area contributed by atoms with E-state index in [0.29, 0.717) is 10.9 Å². The van der Waals surface area contributed by atoms with Gasteiger partial charge in [-0.2, -0.15) is 0 Å². The van der Waals surface area contributed by atoms with Gasteiger partial charge in [-0.3, -0.25) is 0 Å². The quantitative estimate of drug-likeness (QED) is 0.771. The van der Waals surface area contributed by atoms with Gasteiger partial charge in [0.1, 0.15) is 0 Å². The van der Waals surface area contributed by atoms with E-state index >= 15 is 0 Å². The average Bonchev–Trinajstić information content (AvgIpc) is 2.82. The Hall–Kier alpha value is -0.840. The second-order valence-electron chi connectivity index (χ2n) is 5.12. The molecule has 5 heteroatoms. The summed E-state index contributed by atoms with van der Waals surface area (Å²) in [6.07, 6.45) is 2.53. The third kappa shape index (κ3) is 4.62. The van der Waals surface area contributed by atoms with Gasteiger partial charge < -0.3 is 9.73 Å². The van der Waals surface area contributed by atoms with Gasteiger partial charge in [0, 0.05) is 28.0 Å². The summed E-state index contributed by atoms with van der Waals surface area (Å²) < 4.78 is 6.68. The lowest BCUT2D eigenvalue weighted by Crippen LogP contribution is -2.22. The monoisotopic (exact) mass is 356 g/mol. The molecule has 108 valence electrons. The number of oxazole rings is 1. The molecule has 1 aromatic carbocycles. The lowest BCUT2D eigenvalue weighted by atomic mass is 10.2. The molecule has 0 atom stereocenters. The first-order chi connectivity index (χ1) is 9.54. The van der Waals surface area contributed by atoms with Crippen molar-refractivity contribution in [3.63, 3.8) is 0 Å². The highest BCUT2D eigenvalue weighted by Gasteiger charge is 2.08. The predicted molar refractivity (Wildman–Crippen MR) is 86.1 cm³/mol. The zero-order valence-electron chi connectivity index (χ0n) is 11.6. The Kier molecular flexibility index (Phi) is 5.64. The van der Waals surface area contributed by atoms with Crippen LogP contribution in [0.3, 0.4) is 0 Å². The Bertz CT molecular complexity index is 549. The van der Waals surface area contributed by atoms with Crippen LogP contribution in [0.1, 0.15) is 19.7 Å². The summed E-state index contributed by atoms with van der Waals surface area (Å²) in [6, 6.07) is 5.68. The van der Waals surface area contributed by atoms with Crippen LogP contribution in [0.25, 0.3) is 11.3 Å². The highest BCUT2D eigenvalue weighted by atomic mass is 79.9. The summed E-state index contributed by atoms with van der Waals surface area (Å²) in [6.45, 7) is 6.26. The summed E-state index contributed by atoms with van der Waals surface area (Å²) in [4.78, 5) is 4.30. The lowest BCUT2D eigenvalue weighted by Gasteiger charge is -2.05. The van der Waals surface area contributed by atoms with Gasteiger partial charge in [-0.25, -0.2) is 4.98 Å². The van der Waals surface area contributed by atoms with Crippen molar-refractivity contribution in [3.8, 4) is 11.3 Å². The van der Waals surface area contributed by atoms with Crippen LogP contribution in [0.15, 0.2) is 33.3 Å². The minimum Gasteiger partial charge on any atom is -0.441 e. The normalized spacial score (nSPS) is 11.2. The molecule has 0 spiro atoms. The molecule has 0 unspecified atom stereocenters. The number of nitrogens with zero attached hydrogens (tertiary/aromatic N) is 1. The van der Waals surface area contributed by atoms with Gasteiger partial charge >= 0.3 is 0 Å². The molecule has 0 bridgehead atoms. The maximum atomic E-state index is 6.04. The van der Waals surface area contributed by atoms with Gasteiger partial charge in [0.05, 0.1) is 6.20 Å². The molecule has 0 aliphatic heterocycles. The number of hydrogen-bond acceptors (Lipinski definition) is 3. The summed E-state index contributed by atoms with van der Waals surface area (Å²) in [5.74, 6) is 2.14. The van der Waals surface area contributed by atoms with Gasteiger partial charge in [0.15, 0.2) is 11.7 Å². The largest absolute Gasteiger partial charge is 0.441 e. The molecule has 0 saturated carbocycles. The average molecular weight is 358 g/mol. The Morgan fingerprint density at radius 1 is 1.35 bits per heavy atom. The SMILES string of the molecule is CC(C)CNCCc1ncc(-c2cc(Cl)cc(Br)c2)o1. The first kappa shape index (κ1) is 15.5. The fraction of sp³-hybridized carbons (Fsp3) is 0.400. The molecule has 0 fully saturated rings. The van der Waals surface area contributed by atoms with Crippen LogP contribution in [-0.4, -0.2) is 18.1 Å². The van der Waals surface area contributed by atoms with Crippen molar-refractivity contribution in [2.45, 2.75) is 20.3 Å². The number of rotatable bonds is 6. The van der Waals surface area contributed by atoms with Crippen molar-refractivity contribution >= 4 is 27.5 Å². The van der Waals surface area contributed by atoms with Crippen LogP contribution in [-0.2, 0) is 6.42 Å². The molecule has 0 radical (unpaired) electrons. The smallest absolute Gasteiger partial charge is 0.196 e. The number of halogens is 2. The molecule has 1 aromatic heterocycles. The first-order valence-corrected chi connectivity index (χ1v) is 7.83. The van der Waals surface area contributed by atoms with Crippen molar-refractivity contribution < 1.29 is 4.42 Å². The van der Waals surface area contributed by atoms with E-state index in [-0.39, 0.29) is 0 Å². The molecule has 1 N–H and O–H groups in total. The van der Waals surface area contributed by atoms with E-state index < -0.39 is 0 Å². The molecule has 0 saturated heterocycles. The van der Waals surface area contributed by atoms with Crippen molar-refractivity contribution in [1.82, 2.24) is 10.3 Å². The molecule has 3 nitrogen and oxygen atoms in total. The molecule has 2 rings (SSSR count). The number of hydrogen-bond donors (Lipinski definition) is 1. The van der Waals surface area contributed by atoms with Crippen molar-refractivity contribution in [3.05, 3.63) is 39.8 Å². The second kappa shape index (κ2) is 7.25. The Balaban J connectivity index is 1.98. The second-order valence-corrected chi connectivity index (χ2v) is 6.48. The van der Waals surface area contributed by atoms with E-state index in [9.17, 15) is 0 Å². The molecular weight excluding hydrogens is 340 g/mol. The first-order valence-electron chi connectivity index (χ1n) is 6.66. The van der Waals surface area contributed by atoms with Gasteiger partial charge in [-0.1, -0.05) is 41.4 Å². The third-order valence-corrected chi connectivity index (χ3v) is 3.44. The van der Waals surface area contributed by atoms with Crippen LogP contribution < -0.4 is 5.32 Å². The lowest BCUT2D eigenvalue weighted by molar-refractivity contribution is 0.483. The van der Waals surface area contributed by atoms with Gasteiger partial charge in [-0.15, -0.1) is 0 Å². The summed E-state index contributed by atoms with van der Waals surface area (Å²) in [7, 11) is 0. The van der Waals surface area contributed by atoms with E-state index in [1.807, 2.05) is 18.2 Å². The van der Waals surface area contributed by atoms with E-state index in [1.54, 1.807) is 6.20 Å². The van der Waals surface area contributed by atoms with Crippen molar-refractivity contribution in [2.24, 2.45) is 5.92 Å². The van der Waals surface area contributed by atoms with Crippen LogP contribution >= 0.6 is 27.5 Å². The Morgan fingerprint density at radius 2 is 2.15 bits per heavy atom. The molecule has 0 aliphatic rings. The minimum absolute atomic E-state index is 0.652. The van der Waals surface area contributed by atoms with Gasteiger partial charge in [0.2, 0.25) is 0 Å². The van der Waals surface area contributed by atoms with Gasteiger partial charge in [-0.05, 0) is 30.7 Å². The van der Waals surface area contributed by atoms with Crippen molar-refractivity contribution in [2.75, 3.05) is 13.1 Å². The minimum atomic E-state index is 0.652. The highest BCUT2D eigenvalue weighted by Crippen LogP contribution is 2.27. The topological polar surface area (TPSA) is 38.1 Å². The molecule has 1 heterocycles. The maximum Gasteiger partial charge on any atom is 0.196 e. The van der Waals surface area contributed by atoms with E-state index in [0.717, 1.165) is 41.2 Å². The third-order valence-electron chi connectivity index (χ3n) is 2.77. The summed E-state index contributed by atoms with van der Waals surface area (Å²) >= 11 is 9.46. The zero-order valence-corrected chi connectivity index (χ0v) is 14.0. The van der Waals surface area contributed by atoms with Crippen LogP contribution in [0.2, 0.25) is 5.02 Å². The van der Waals surface area contributed by atoms with E-state index in [2.05, 4.69) is 40.1 Å². The van der Waals surface area contributed by atoms with Crippen LogP contribution in [0.5, 0.6) is 0 Å². The molecular formula is C15H18BrClN2O. The van der Waals surface area contributed by atoms with Crippen molar-refractivity contribution in [1.29, 1.82) is 0 Å². The Labute approximate surface area is 132 Å². The fourth-order valence-corrected chi connectivity index (χ4v) is 2.70. The predicted octanol–water partition coefficient (Wildman–Crippen LogP) is 4.55. The van der Waals surface area contributed by atoms with E-state index in [1.165, 1.54) is 0 Å². The summed E-state index contributed by atoms with van der Waals surface area (Å²) in [5.41, 5.74) is 0.929. The Morgan fingerprint density at radius 3 is 2.85 bits per heavy atom. The molecule has 20 heavy (non-hydrogen) atoms. The highest BCUT2D eigenvalue weighted by molar-refractivity contribution is 9.10. The number of nitrogens with one attached hydrogen (secondary N) is 1. The zero-order chi connectivity index (χ0) is 14.5. The number of benzene rings is 1. The number of aromatic nitrogens is 1.